The van der Waals surface area contributed by atoms with Crippen molar-refractivity contribution in [1.29, 1.82) is 0 Å². The first kappa shape index (κ1) is 61.7. The smallest absolute Gasteiger partial charge is 0.387 e. The van der Waals surface area contributed by atoms with Gasteiger partial charge in [-0.1, -0.05) is 208 Å². The van der Waals surface area contributed by atoms with E-state index in [1.165, 1.54) is 109 Å². The van der Waals surface area contributed by atoms with Crippen LogP contribution >= 0.6 is 7.82 Å². The number of rotatable bonds is 46. The van der Waals surface area contributed by atoms with Crippen molar-refractivity contribution in [3.05, 3.63) is 85.1 Å². The average Bonchev–Trinajstić information content (AvgIpc) is 3.25. The van der Waals surface area contributed by atoms with E-state index in [2.05, 4.69) is 92.1 Å². The number of unbranched alkanes of at least 4 members (excludes halogenated alkanes) is 21. The van der Waals surface area contributed by atoms with Gasteiger partial charge >= 0.3 is 7.82 Å². The number of carbonyl (C=O) groups is 1. The number of allylic oxidation sites excluding steroid dienone is 13. The summed E-state index contributed by atoms with van der Waals surface area (Å²) in [6.45, 7) is 4.67. The fraction of sp³-hybridized carbons (Fsp3) is 0.727. The molecule has 0 rings (SSSR count). The van der Waals surface area contributed by atoms with Crippen LogP contribution in [0.5, 0.6) is 0 Å². The molecular weight excluding hydrogens is 816 g/mol. The lowest BCUT2D eigenvalue weighted by atomic mass is 10.0. The second-order valence-corrected chi connectivity index (χ2v) is 20.0. The minimum Gasteiger partial charge on any atom is -0.387 e. The third kappa shape index (κ3) is 47.6. The molecule has 0 saturated carbocycles. The van der Waals surface area contributed by atoms with Crippen molar-refractivity contribution < 1.29 is 32.9 Å². The fourth-order valence-electron chi connectivity index (χ4n) is 7.02. The molecule has 64 heavy (non-hydrogen) atoms. The molecule has 3 N–H and O–H groups in total. The van der Waals surface area contributed by atoms with Crippen LogP contribution in [0.1, 0.15) is 206 Å². The zero-order chi connectivity index (χ0) is 47.1. The van der Waals surface area contributed by atoms with Crippen LogP contribution in [0.25, 0.3) is 0 Å². The number of hydrogen-bond donors (Lipinski definition) is 3. The highest BCUT2D eigenvalue weighted by molar-refractivity contribution is 7.47. The third-order valence-corrected chi connectivity index (χ3v) is 12.1. The van der Waals surface area contributed by atoms with E-state index in [-0.39, 0.29) is 19.1 Å². The number of likely N-dealkylation sites (N-methyl/N-ethyl adjacent to an activating group) is 1. The van der Waals surface area contributed by atoms with Gasteiger partial charge in [0.15, 0.2) is 0 Å². The SMILES string of the molecule is CC/C=C\C/C=C\C/C=C\C/C=C\C/C=C\CCCCCCCCCCCC(=O)NC(COP(=O)(O)OCC[N+](C)(C)C)C(O)/C=C/CC/C=C/CCCCCCCCCCCCC. The molecule has 0 saturated heterocycles. The normalized spacial score (nSPS) is 14.8. The molecular formula is C55H100N2O6P+. The van der Waals surface area contributed by atoms with Crippen molar-refractivity contribution in [3.8, 4) is 0 Å². The molecule has 370 valence electrons. The Morgan fingerprint density at radius 3 is 1.44 bits per heavy atom. The number of phosphoric acid groups is 1. The molecule has 0 aromatic rings. The Hall–Kier alpha value is -2.32. The fourth-order valence-corrected chi connectivity index (χ4v) is 7.76. The largest absolute Gasteiger partial charge is 0.472 e. The maximum absolute atomic E-state index is 12.9. The van der Waals surface area contributed by atoms with Gasteiger partial charge in [0.25, 0.3) is 0 Å². The number of aliphatic hydroxyl groups excluding tert-OH is 1. The minimum absolute atomic E-state index is 0.0509. The minimum atomic E-state index is -4.36. The van der Waals surface area contributed by atoms with E-state index in [1.807, 2.05) is 27.2 Å². The predicted octanol–water partition coefficient (Wildman–Crippen LogP) is 15.3. The number of carbonyl (C=O) groups excluding carboxylic acids is 1. The summed E-state index contributed by atoms with van der Waals surface area (Å²) in [6, 6.07) is -0.871. The van der Waals surface area contributed by atoms with Crippen molar-refractivity contribution in [2.45, 2.75) is 219 Å². The Labute approximate surface area is 395 Å². The number of hydrogen-bond acceptors (Lipinski definition) is 5. The quantitative estimate of drug-likeness (QED) is 0.0243. The Morgan fingerprint density at radius 2 is 0.953 bits per heavy atom. The Bertz CT molecular complexity index is 1310. The number of nitrogens with one attached hydrogen (secondary N) is 1. The van der Waals surface area contributed by atoms with Gasteiger partial charge in [-0.3, -0.25) is 13.8 Å². The number of quaternary nitrogens is 1. The van der Waals surface area contributed by atoms with Gasteiger partial charge < -0.3 is 19.8 Å². The average molecular weight is 916 g/mol. The van der Waals surface area contributed by atoms with E-state index in [0.717, 1.165) is 77.0 Å². The summed E-state index contributed by atoms with van der Waals surface area (Å²) in [5.41, 5.74) is 0. The van der Waals surface area contributed by atoms with E-state index in [4.69, 9.17) is 9.05 Å². The number of aliphatic hydroxyl groups is 1. The van der Waals surface area contributed by atoms with E-state index in [0.29, 0.717) is 17.4 Å². The summed E-state index contributed by atoms with van der Waals surface area (Å²) in [5.74, 6) is -0.197. The summed E-state index contributed by atoms with van der Waals surface area (Å²) in [5, 5.41) is 13.9. The van der Waals surface area contributed by atoms with Gasteiger partial charge in [-0.25, -0.2) is 4.57 Å². The van der Waals surface area contributed by atoms with Gasteiger partial charge in [0, 0.05) is 6.42 Å². The van der Waals surface area contributed by atoms with E-state index >= 15 is 0 Å². The zero-order valence-corrected chi connectivity index (χ0v) is 42.9. The summed E-state index contributed by atoms with van der Waals surface area (Å²) in [6.07, 6.45) is 63.8. The van der Waals surface area contributed by atoms with Gasteiger partial charge in [0.1, 0.15) is 13.2 Å². The van der Waals surface area contributed by atoms with Crippen LogP contribution in [0.15, 0.2) is 85.1 Å². The van der Waals surface area contributed by atoms with Crippen LogP contribution < -0.4 is 5.32 Å². The summed E-state index contributed by atoms with van der Waals surface area (Å²) < 4.78 is 23.6. The molecule has 0 aliphatic rings. The van der Waals surface area contributed by atoms with E-state index < -0.39 is 20.0 Å². The van der Waals surface area contributed by atoms with Crippen LogP contribution in [0.2, 0.25) is 0 Å². The molecule has 0 heterocycles. The van der Waals surface area contributed by atoms with Crippen molar-refractivity contribution >= 4 is 13.7 Å². The lowest BCUT2D eigenvalue weighted by Gasteiger charge is -2.25. The molecule has 0 bridgehead atoms. The molecule has 8 nitrogen and oxygen atoms in total. The summed E-state index contributed by atoms with van der Waals surface area (Å²) in [7, 11) is 1.54. The van der Waals surface area contributed by atoms with Crippen molar-refractivity contribution in [2.75, 3.05) is 40.9 Å². The molecule has 3 unspecified atom stereocenters. The first-order valence-electron chi connectivity index (χ1n) is 26.0. The second kappa shape index (κ2) is 45.8. The molecule has 0 aliphatic carbocycles. The van der Waals surface area contributed by atoms with Gasteiger partial charge in [-0.05, 0) is 77.0 Å². The molecule has 0 spiro atoms. The molecule has 0 aromatic heterocycles. The molecule has 0 fully saturated rings. The third-order valence-electron chi connectivity index (χ3n) is 11.1. The van der Waals surface area contributed by atoms with Crippen LogP contribution in [-0.2, 0) is 18.4 Å². The monoisotopic (exact) mass is 916 g/mol. The highest BCUT2D eigenvalue weighted by Gasteiger charge is 2.27. The standard InChI is InChI=1S/C55H99N2O6P/c1-6-8-10-12-14-16-18-20-22-24-25-26-27-28-29-30-31-33-35-37-39-41-43-45-47-49-55(59)56-53(52-63-64(60,61)62-51-50-57(3,4)5)54(58)48-46-44-42-40-38-36-34-32-23-21-19-17-15-13-11-9-7-2/h8,10,14,16,20,22,25-26,28-29,38,40,46,48,53-54,58H,6-7,9,11-13,15,17-19,21,23-24,27,30-37,39,41-45,47,49-52H2,1-5H3,(H-,56,59,60,61)/p+1/b10-8-,16-14-,22-20-,26-25-,29-28-,40-38+,48-46+. The topological polar surface area (TPSA) is 105 Å². The molecule has 3 atom stereocenters. The molecule has 0 radical (unpaired) electrons. The maximum Gasteiger partial charge on any atom is 0.472 e. The highest BCUT2D eigenvalue weighted by Crippen LogP contribution is 2.43. The van der Waals surface area contributed by atoms with Gasteiger partial charge in [0.2, 0.25) is 5.91 Å². The molecule has 0 aromatic carbocycles. The maximum atomic E-state index is 12.9. The van der Waals surface area contributed by atoms with Gasteiger partial charge in [-0.15, -0.1) is 0 Å². The summed E-state index contributed by atoms with van der Waals surface area (Å²) >= 11 is 0. The highest BCUT2D eigenvalue weighted by atomic mass is 31.2. The Morgan fingerprint density at radius 1 is 0.547 bits per heavy atom. The van der Waals surface area contributed by atoms with E-state index in [9.17, 15) is 19.4 Å². The summed E-state index contributed by atoms with van der Waals surface area (Å²) in [4.78, 5) is 23.2. The van der Waals surface area contributed by atoms with Crippen LogP contribution in [0.4, 0.5) is 0 Å². The molecule has 0 aliphatic heterocycles. The van der Waals surface area contributed by atoms with Crippen molar-refractivity contribution in [3.63, 3.8) is 0 Å². The first-order valence-corrected chi connectivity index (χ1v) is 27.5. The predicted molar refractivity (Wildman–Crippen MR) is 276 cm³/mol. The molecule has 1 amide bonds. The van der Waals surface area contributed by atoms with Crippen LogP contribution in [0.3, 0.4) is 0 Å². The zero-order valence-electron chi connectivity index (χ0n) is 42.0. The van der Waals surface area contributed by atoms with Crippen molar-refractivity contribution in [1.82, 2.24) is 5.32 Å². The van der Waals surface area contributed by atoms with Gasteiger partial charge in [0.05, 0.1) is 39.9 Å². The second-order valence-electron chi connectivity index (χ2n) is 18.5. The van der Waals surface area contributed by atoms with Crippen molar-refractivity contribution in [2.24, 2.45) is 0 Å². The van der Waals surface area contributed by atoms with E-state index in [1.54, 1.807) is 6.08 Å². The number of amides is 1. The molecule has 9 heteroatoms. The Kier molecular flexibility index (Phi) is 44.2. The van der Waals surface area contributed by atoms with Gasteiger partial charge in [-0.2, -0.15) is 0 Å². The van der Waals surface area contributed by atoms with Crippen LogP contribution in [-0.4, -0.2) is 73.4 Å². The number of nitrogens with zero attached hydrogens (tertiary/aromatic N) is 1. The first-order chi connectivity index (χ1) is 31.0. The van der Waals surface area contributed by atoms with Crippen LogP contribution in [0, 0.1) is 0 Å². The number of phosphoric ester groups is 1. The lowest BCUT2D eigenvalue weighted by molar-refractivity contribution is -0.870. The lowest BCUT2D eigenvalue weighted by Crippen LogP contribution is -2.45. The Balaban J connectivity index is 4.34.